The van der Waals surface area contributed by atoms with E-state index in [1.54, 1.807) is 36.4 Å². The second-order valence-electron chi connectivity index (χ2n) is 7.28. The van der Waals surface area contributed by atoms with Crippen LogP contribution in [0.4, 0.5) is 0 Å². The molecule has 2 heterocycles. The van der Waals surface area contributed by atoms with Crippen molar-refractivity contribution in [3.63, 3.8) is 0 Å². The van der Waals surface area contributed by atoms with Crippen molar-refractivity contribution in [1.29, 1.82) is 0 Å². The highest BCUT2D eigenvalue weighted by Crippen LogP contribution is 2.29. The van der Waals surface area contributed by atoms with E-state index >= 15 is 0 Å². The molecule has 4 aromatic rings. The van der Waals surface area contributed by atoms with Gasteiger partial charge < -0.3 is 18.6 Å². The van der Waals surface area contributed by atoms with Gasteiger partial charge in [-0.3, -0.25) is 18.7 Å². The van der Waals surface area contributed by atoms with Gasteiger partial charge in [0.25, 0.3) is 5.56 Å². The van der Waals surface area contributed by atoms with Crippen LogP contribution in [0.3, 0.4) is 0 Å². The minimum atomic E-state index is -0.496. The molecule has 0 atom stereocenters. The number of aryl methyl sites for hydroxylation is 1. The van der Waals surface area contributed by atoms with E-state index < -0.39 is 11.7 Å². The van der Waals surface area contributed by atoms with Crippen molar-refractivity contribution in [2.24, 2.45) is 0 Å². The van der Waals surface area contributed by atoms with Crippen LogP contribution in [0.1, 0.15) is 12.8 Å². The summed E-state index contributed by atoms with van der Waals surface area (Å²) in [6.07, 6.45) is 1.96. The monoisotopic (exact) mass is 453 g/mol. The molecule has 0 spiro atoms. The lowest BCUT2D eigenvalue weighted by molar-refractivity contribution is -0.144. The SMILES string of the molecule is COc1cc2ncn(CCCC(=O)OCCn3c(=O)oc4ccccc43)c(=O)c2cc1OC. The summed E-state index contributed by atoms with van der Waals surface area (Å²) in [6.45, 7) is 0.541. The fourth-order valence-electron chi connectivity index (χ4n) is 3.59. The summed E-state index contributed by atoms with van der Waals surface area (Å²) in [4.78, 5) is 41.1. The number of rotatable bonds is 9. The first-order chi connectivity index (χ1) is 16.0. The van der Waals surface area contributed by atoms with Crippen molar-refractivity contribution in [1.82, 2.24) is 14.1 Å². The number of esters is 1. The first-order valence-corrected chi connectivity index (χ1v) is 10.4. The maximum absolute atomic E-state index is 12.8. The van der Waals surface area contributed by atoms with E-state index in [1.807, 2.05) is 0 Å². The fourth-order valence-corrected chi connectivity index (χ4v) is 3.59. The molecule has 0 N–H and O–H groups in total. The molecule has 2 aromatic heterocycles. The molecule has 172 valence electrons. The smallest absolute Gasteiger partial charge is 0.420 e. The number of benzene rings is 2. The predicted molar refractivity (Wildman–Crippen MR) is 120 cm³/mol. The molecular formula is C23H23N3O7. The number of hydrogen-bond donors (Lipinski definition) is 0. The third-order valence-electron chi connectivity index (χ3n) is 5.26. The molecule has 33 heavy (non-hydrogen) atoms. The standard InChI is InChI=1S/C23H23N3O7/c1-30-19-12-15-16(13-20(19)31-2)24-14-25(22(15)28)9-5-8-21(27)32-11-10-26-17-6-3-4-7-18(17)33-23(26)29/h3-4,6-7,12-14H,5,8-11H2,1-2H3. The highest BCUT2D eigenvalue weighted by Gasteiger charge is 2.12. The largest absolute Gasteiger partial charge is 0.493 e. The lowest BCUT2D eigenvalue weighted by atomic mass is 10.2. The quantitative estimate of drug-likeness (QED) is 0.355. The van der Waals surface area contributed by atoms with Crippen LogP contribution in [0.25, 0.3) is 22.0 Å². The molecule has 0 radical (unpaired) electrons. The van der Waals surface area contributed by atoms with Gasteiger partial charge in [0.1, 0.15) is 6.61 Å². The number of nitrogens with zero attached hydrogens (tertiary/aromatic N) is 3. The van der Waals surface area contributed by atoms with E-state index in [2.05, 4.69) is 4.98 Å². The second kappa shape index (κ2) is 9.60. The van der Waals surface area contributed by atoms with Crippen LogP contribution in [0.2, 0.25) is 0 Å². The predicted octanol–water partition coefficient (Wildman–Crippen LogP) is 2.35. The normalized spacial score (nSPS) is 11.1. The van der Waals surface area contributed by atoms with Gasteiger partial charge in [0, 0.05) is 19.0 Å². The molecule has 0 aliphatic heterocycles. The summed E-state index contributed by atoms with van der Waals surface area (Å²) in [7, 11) is 3.01. The van der Waals surface area contributed by atoms with Crippen molar-refractivity contribution in [2.75, 3.05) is 20.8 Å². The highest BCUT2D eigenvalue weighted by molar-refractivity contribution is 5.81. The zero-order valence-electron chi connectivity index (χ0n) is 18.3. The summed E-state index contributed by atoms with van der Waals surface area (Å²) in [5.74, 6) is 0.0199. The number of ether oxygens (including phenoxy) is 3. The van der Waals surface area contributed by atoms with Crippen LogP contribution in [-0.4, -0.2) is 40.9 Å². The molecule has 0 saturated heterocycles. The Morgan fingerprint density at radius 3 is 2.61 bits per heavy atom. The summed E-state index contributed by atoms with van der Waals surface area (Å²) in [5, 5.41) is 0.399. The zero-order chi connectivity index (χ0) is 23.4. The Balaban J connectivity index is 1.33. The average molecular weight is 453 g/mol. The Hall–Kier alpha value is -4.08. The van der Waals surface area contributed by atoms with Crippen LogP contribution in [0.15, 0.2) is 56.7 Å². The van der Waals surface area contributed by atoms with Crippen LogP contribution in [0.5, 0.6) is 11.5 Å². The van der Waals surface area contributed by atoms with E-state index in [0.29, 0.717) is 46.5 Å². The van der Waals surface area contributed by atoms with Crippen LogP contribution < -0.4 is 20.8 Å². The average Bonchev–Trinajstić information content (AvgIpc) is 3.14. The topological polar surface area (TPSA) is 115 Å². The number of para-hydroxylation sites is 2. The fraction of sp³-hybridized carbons (Fsp3) is 0.304. The Kier molecular flexibility index (Phi) is 6.43. The van der Waals surface area contributed by atoms with E-state index in [9.17, 15) is 14.4 Å². The molecule has 4 rings (SSSR count). The van der Waals surface area contributed by atoms with Gasteiger partial charge in [-0.05, 0) is 24.6 Å². The zero-order valence-corrected chi connectivity index (χ0v) is 18.3. The first-order valence-electron chi connectivity index (χ1n) is 10.4. The molecule has 0 unspecified atom stereocenters. The second-order valence-corrected chi connectivity index (χ2v) is 7.28. The summed E-state index contributed by atoms with van der Waals surface area (Å²) in [6, 6.07) is 10.3. The Labute approximate surface area is 187 Å². The van der Waals surface area contributed by atoms with Crippen molar-refractivity contribution in [3.8, 4) is 11.5 Å². The third kappa shape index (κ3) is 4.59. The maximum Gasteiger partial charge on any atom is 0.420 e. The van der Waals surface area contributed by atoms with Crippen molar-refractivity contribution < 1.29 is 23.4 Å². The minimum Gasteiger partial charge on any atom is -0.493 e. The van der Waals surface area contributed by atoms with E-state index in [1.165, 1.54) is 29.7 Å². The maximum atomic E-state index is 12.8. The van der Waals surface area contributed by atoms with Crippen molar-refractivity contribution in [3.05, 3.63) is 63.6 Å². The molecule has 10 nitrogen and oxygen atoms in total. The number of carbonyl (C=O) groups is 1. The van der Waals surface area contributed by atoms with Gasteiger partial charge in [-0.15, -0.1) is 0 Å². The van der Waals surface area contributed by atoms with Crippen LogP contribution in [0, 0.1) is 0 Å². The summed E-state index contributed by atoms with van der Waals surface area (Å²) in [5.41, 5.74) is 1.39. The molecular weight excluding hydrogens is 430 g/mol. The Morgan fingerprint density at radius 2 is 1.82 bits per heavy atom. The molecule has 0 aliphatic carbocycles. The number of oxazole rings is 1. The van der Waals surface area contributed by atoms with Crippen LogP contribution in [-0.2, 0) is 22.6 Å². The van der Waals surface area contributed by atoms with Crippen molar-refractivity contribution >= 4 is 28.0 Å². The van der Waals surface area contributed by atoms with Gasteiger partial charge >= 0.3 is 11.7 Å². The third-order valence-corrected chi connectivity index (χ3v) is 5.26. The molecule has 0 aliphatic rings. The molecule has 0 fully saturated rings. The first kappa shape index (κ1) is 22.1. The van der Waals surface area contributed by atoms with Gasteiger partial charge in [-0.2, -0.15) is 0 Å². The van der Waals surface area contributed by atoms with Gasteiger partial charge in [0.05, 0.1) is 43.5 Å². The van der Waals surface area contributed by atoms with E-state index in [-0.39, 0.29) is 25.1 Å². The molecule has 10 heteroatoms. The van der Waals surface area contributed by atoms with Gasteiger partial charge in [0.15, 0.2) is 17.1 Å². The Bertz CT molecular complexity index is 1420. The summed E-state index contributed by atoms with van der Waals surface area (Å²) < 4.78 is 23.8. The van der Waals surface area contributed by atoms with Crippen molar-refractivity contribution in [2.45, 2.75) is 25.9 Å². The van der Waals surface area contributed by atoms with Gasteiger partial charge in [0.2, 0.25) is 0 Å². The number of aromatic nitrogens is 3. The highest BCUT2D eigenvalue weighted by atomic mass is 16.5. The number of carbonyl (C=O) groups excluding carboxylic acids is 1. The minimum absolute atomic E-state index is 0.0430. The number of fused-ring (bicyclic) bond motifs is 2. The Morgan fingerprint density at radius 1 is 1.06 bits per heavy atom. The lowest BCUT2D eigenvalue weighted by Gasteiger charge is -2.10. The number of hydrogen-bond acceptors (Lipinski definition) is 8. The van der Waals surface area contributed by atoms with Crippen LogP contribution >= 0.6 is 0 Å². The lowest BCUT2D eigenvalue weighted by Crippen LogP contribution is -2.22. The molecule has 0 bridgehead atoms. The van der Waals surface area contributed by atoms with E-state index in [0.717, 1.165) is 0 Å². The number of methoxy groups -OCH3 is 2. The molecule has 0 amide bonds. The summed E-state index contributed by atoms with van der Waals surface area (Å²) >= 11 is 0. The van der Waals surface area contributed by atoms with E-state index in [4.69, 9.17) is 18.6 Å². The molecule has 2 aromatic carbocycles. The van der Waals surface area contributed by atoms with Gasteiger partial charge in [-0.25, -0.2) is 9.78 Å². The molecule has 0 saturated carbocycles. The van der Waals surface area contributed by atoms with Gasteiger partial charge in [-0.1, -0.05) is 12.1 Å².